The van der Waals surface area contributed by atoms with Gasteiger partial charge in [-0.05, 0) is 17.3 Å². The molecule has 0 fully saturated rings. The van der Waals surface area contributed by atoms with Crippen LogP contribution in [-0.2, 0) is 14.4 Å². The average Bonchev–Trinajstić information content (AvgIpc) is 2.20. The van der Waals surface area contributed by atoms with Gasteiger partial charge in [0.2, 0.25) is 0 Å². The van der Waals surface area contributed by atoms with Crippen LogP contribution in [0.25, 0.3) is 0 Å². The molecule has 0 aliphatic carbocycles. The number of nitrogens with zero attached hydrogens (tertiary/aromatic N) is 2. The monoisotopic (exact) mass is 310 g/mol. The number of benzene rings is 1. The van der Waals surface area contributed by atoms with Crippen LogP contribution in [0, 0.1) is 0 Å². The third-order valence-electron chi connectivity index (χ3n) is 1.87. The number of amidine groups is 1. The van der Waals surface area contributed by atoms with Crippen LogP contribution in [0.5, 0.6) is 0 Å². The second-order valence-electron chi connectivity index (χ2n) is 3.68. The predicted molar refractivity (Wildman–Crippen MR) is 72.6 cm³/mol. The van der Waals surface area contributed by atoms with Crippen LogP contribution in [0.1, 0.15) is 5.56 Å². The van der Waals surface area contributed by atoms with E-state index in [2.05, 4.69) is 9.44 Å². The van der Waals surface area contributed by atoms with E-state index in [1.807, 2.05) is 0 Å². The standard InChI is InChI=1S/C10H12Cl2N2O3S/c1-14(2)10(13-17-18(3,15)16)9-7(11)5-4-6-8(9)12/h4-6H,1-3H3. The minimum Gasteiger partial charge on any atom is -0.359 e. The zero-order valence-electron chi connectivity index (χ0n) is 10.0. The molecule has 0 unspecified atom stereocenters. The maximum absolute atomic E-state index is 10.9. The average molecular weight is 311 g/mol. The van der Waals surface area contributed by atoms with Gasteiger partial charge in [-0.25, -0.2) is 0 Å². The Morgan fingerprint density at radius 2 is 1.78 bits per heavy atom. The summed E-state index contributed by atoms with van der Waals surface area (Å²) in [6.07, 6.45) is 0.901. The van der Waals surface area contributed by atoms with Crippen LogP contribution in [-0.4, -0.2) is 39.5 Å². The predicted octanol–water partition coefficient (Wildman–Crippen LogP) is 2.19. The molecule has 1 rings (SSSR count). The third-order valence-corrected chi connectivity index (χ3v) is 2.84. The van der Waals surface area contributed by atoms with Crippen molar-refractivity contribution >= 4 is 39.2 Å². The first-order chi connectivity index (χ1) is 8.22. The maximum atomic E-state index is 10.9. The fourth-order valence-electron chi connectivity index (χ4n) is 1.17. The summed E-state index contributed by atoms with van der Waals surface area (Å²) in [6, 6.07) is 4.93. The van der Waals surface area contributed by atoms with Crippen LogP contribution >= 0.6 is 23.2 Å². The topological polar surface area (TPSA) is 59.0 Å². The number of hydrogen-bond donors (Lipinski definition) is 0. The highest BCUT2D eigenvalue weighted by Crippen LogP contribution is 2.25. The summed E-state index contributed by atoms with van der Waals surface area (Å²) in [5, 5.41) is 4.28. The second kappa shape index (κ2) is 5.77. The van der Waals surface area contributed by atoms with Gasteiger partial charge in [0.1, 0.15) is 0 Å². The van der Waals surface area contributed by atoms with Crippen molar-refractivity contribution in [2.45, 2.75) is 0 Å². The van der Waals surface area contributed by atoms with E-state index >= 15 is 0 Å². The van der Waals surface area contributed by atoms with E-state index in [0.29, 0.717) is 15.6 Å². The molecule has 0 bridgehead atoms. The van der Waals surface area contributed by atoms with Gasteiger partial charge in [0.05, 0.1) is 21.9 Å². The van der Waals surface area contributed by atoms with Crippen molar-refractivity contribution in [2.75, 3.05) is 20.4 Å². The Kier molecular flexibility index (Phi) is 4.84. The summed E-state index contributed by atoms with van der Waals surface area (Å²) in [5.74, 6) is 0.219. The molecule has 8 heteroatoms. The first-order valence-corrected chi connectivity index (χ1v) is 7.38. The first-order valence-electron chi connectivity index (χ1n) is 4.80. The summed E-state index contributed by atoms with van der Waals surface area (Å²) < 4.78 is 26.3. The lowest BCUT2D eigenvalue weighted by molar-refractivity contribution is 0.335. The fraction of sp³-hybridized carbons (Fsp3) is 0.300. The lowest BCUT2D eigenvalue weighted by atomic mass is 10.2. The van der Waals surface area contributed by atoms with Crippen LogP contribution in [0.15, 0.2) is 23.4 Å². The van der Waals surface area contributed by atoms with Gasteiger partial charge in [0.15, 0.2) is 5.84 Å². The highest BCUT2D eigenvalue weighted by Gasteiger charge is 2.16. The first kappa shape index (κ1) is 15.1. The lowest BCUT2D eigenvalue weighted by Crippen LogP contribution is -2.24. The van der Waals surface area contributed by atoms with Crippen molar-refractivity contribution in [3.05, 3.63) is 33.8 Å². The Labute approximate surface area is 116 Å². The molecule has 0 aromatic heterocycles. The molecule has 0 radical (unpaired) electrons. The van der Waals surface area contributed by atoms with Crippen molar-refractivity contribution in [1.29, 1.82) is 0 Å². The number of halogens is 2. The highest BCUT2D eigenvalue weighted by atomic mass is 35.5. The third kappa shape index (κ3) is 4.04. The van der Waals surface area contributed by atoms with Gasteiger partial charge in [-0.15, -0.1) is 0 Å². The largest absolute Gasteiger partial charge is 0.359 e. The number of hydrogen-bond acceptors (Lipinski definition) is 4. The van der Waals surface area contributed by atoms with Gasteiger partial charge in [-0.1, -0.05) is 29.3 Å². The molecular formula is C10H12Cl2N2O3S. The van der Waals surface area contributed by atoms with Gasteiger partial charge in [0.25, 0.3) is 0 Å². The van der Waals surface area contributed by atoms with Gasteiger partial charge >= 0.3 is 10.1 Å². The zero-order chi connectivity index (χ0) is 13.9. The van der Waals surface area contributed by atoms with E-state index in [1.165, 1.54) is 0 Å². The lowest BCUT2D eigenvalue weighted by Gasteiger charge is -2.16. The number of oxime groups is 1. The molecule has 0 spiro atoms. The Bertz CT molecular complexity index is 550. The minimum absolute atomic E-state index is 0.219. The summed E-state index contributed by atoms with van der Waals surface area (Å²) >= 11 is 12.0. The van der Waals surface area contributed by atoms with Gasteiger partial charge in [0, 0.05) is 14.1 Å². The summed E-state index contributed by atoms with van der Waals surface area (Å²) in [5.41, 5.74) is 0.412. The Morgan fingerprint density at radius 1 is 1.28 bits per heavy atom. The second-order valence-corrected chi connectivity index (χ2v) is 6.06. The molecule has 0 aliphatic rings. The molecule has 1 aromatic rings. The van der Waals surface area contributed by atoms with Crippen LogP contribution in [0.2, 0.25) is 10.0 Å². The molecular weight excluding hydrogens is 299 g/mol. The van der Waals surface area contributed by atoms with Crippen molar-refractivity contribution in [1.82, 2.24) is 4.90 Å². The maximum Gasteiger partial charge on any atom is 0.325 e. The zero-order valence-corrected chi connectivity index (χ0v) is 12.3. The SMILES string of the molecule is CN(C)C(=NOS(C)(=O)=O)c1c(Cl)cccc1Cl. The molecule has 0 saturated carbocycles. The Balaban J connectivity index is 3.30. The van der Waals surface area contributed by atoms with Gasteiger partial charge in [-0.2, -0.15) is 8.42 Å². The summed E-state index contributed by atoms with van der Waals surface area (Å²) in [7, 11) is -0.345. The van der Waals surface area contributed by atoms with Crippen molar-refractivity contribution < 1.29 is 12.7 Å². The Hall–Kier alpha value is -0.980. The molecule has 5 nitrogen and oxygen atoms in total. The molecule has 1 aromatic carbocycles. The van der Waals surface area contributed by atoms with E-state index in [1.54, 1.807) is 37.2 Å². The van der Waals surface area contributed by atoms with Crippen molar-refractivity contribution in [3.8, 4) is 0 Å². The smallest absolute Gasteiger partial charge is 0.325 e. The molecule has 18 heavy (non-hydrogen) atoms. The normalized spacial score (nSPS) is 12.4. The van der Waals surface area contributed by atoms with Crippen LogP contribution in [0.4, 0.5) is 0 Å². The molecule has 100 valence electrons. The van der Waals surface area contributed by atoms with E-state index in [4.69, 9.17) is 23.2 Å². The quantitative estimate of drug-likeness (QED) is 0.488. The van der Waals surface area contributed by atoms with Crippen LogP contribution in [0.3, 0.4) is 0 Å². The Morgan fingerprint density at radius 3 is 2.17 bits per heavy atom. The molecule has 0 saturated heterocycles. The molecule has 0 N–H and O–H groups in total. The molecule has 0 amide bonds. The summed E-state index contributed by atoms with van der Waals surface area (Å²) in [6.45, 7) is 0. The molecule has 0 aliphatic heterocycles. The van der Waals surface area contributed by atoms with E-state index in [-0.39, 0.29) is 5.84 Å². The summed E-state index contributed by atoms with van der Waals surface area (Å²) in [4.78, 5) is 1.55. The minimum atomic E-state index is -3.69. The van der Waals surface area contributed by atoms with E-state index < -0.39 is 10.1 Å². The van der Waals surface area contributed by atoms with Gasteiger partial charge in [-0.3, -0.25) is 4.28 Å². The fourth-order valence-corrected chi connectivity index (χ4v) is 1.94. The molecule has 0 heterocycles. The van der Waals surface area contributed by atoms with Crippen molar-refractivity contribution in [2.24, 2.45) is 5.16 Å². The van der Waals surface area contributed by atoms with E-state index in [9.17, 15) is 8.42 Å². The van der Waals surface area contributed by atoms with Crippen LogP contribution < -0.4 is 0 Å². The van der Waals surface area contributed by atoms with Crippen molar-refractivity contribution in [3.63, 3.8) is 0 Å². The molecule has 0 atom stereocenters. The van der Waals surface area contributed by atoms with E-state index in [0.717, 1.165) is 6.26 Å². The number of rotatable bonds is 3. The highest BCUT2D eigenvalue weighted by molar-refractivity contribution is 7.85. The van der Waals surface area contributed by atoms with Gasteiger partial charge < -0.3 is 4.90 Å².